The Morgan fingerprint density at radius 1 is 1.42 bits per heavy atom. The first-order valence-corrected chi connectivity index (χ1v) is 6.34. The summed E-state index contributed by atoms with van der Waals surface area (Å²) in [7, 11) is 1.61. The van der Waals surface area contributed by atoms with Crippen LogP contribution in [0.5, 0.6) is 5.75 Å². The molecule has 1 amide bonds. The Bertz CT molecular complexity index is 469. The van der Waals surface area contributed by atoms with Crippen molar-refractivity contribution in [2.75, 3.05) is 7.05 Å². The van der Waals surface area contributed by atoms with Crippen LogP contribution < -0.4 is 10.1 Å². The minimum absolute atomic E-state index is 0.0249. The van der Waals surface area contributed by atoms with E-state index in [4.69, 9.17) is 11.2 Å². The van der Waals surface area contributed by atoms with E-state index in [1.165, 1.54) is 0 Å². The van der Waals surface area contributed by atoms with E-state index in [1.807, 2.05) is 20.8 Å². The summed E-state index contributed by atoms with van der Waals surface area (Å²) in [4.78, 5) is 11.4. The second-order valence-corrected chi connectivity index (χ2v) is 5.26. The van der Waals surface area contributed by atoms with Crippen molar-refractivity contribution >= 4 is 5.91 Å². The van der Waals surface area contributed by atoms with Crippen molar-refractivity contribution < 1.29 is 9.53 Å². The maximum Gasteiger partial charge on any atom is 0.251 e. The largest absolute Gasteiger partial charge is 0.491 e. The maximum absolute atomic E-state index is 11.4. The van der Waals surface area contributed by atoms with E-state index in [0.29, 0.717) is 5.56 Å². The molecule has 0 aliphatic rings. The number of hydrogen-bond acceptors (Lipinski definition) is 2. The molecule has 1 atom stereocenters. The van der Waals surface area contributed by atoms with E-state index in [0.717, 1.165) is 12.2 Å². The number of nitrogens with one attached hydrogen (secondary N) is 1. The summed E-state index contributed by atoms with van der Waals surface area (Å²) >= 11 is 0. The Labute approximate surface area is 115 Å². The van der Waals surface area contributed by atoms with E-state index >= 15 is 0 Å². The minimum Gasteiger partial charge on any atom is -0.491 e. The molecule has 1 rings (SSSR count). The van der Waals surface area contributed by atoms with Crippen molar-refractivity contribution in [1.29, 1.82) is 0 Å². The van der Waals surface area contributed by atoms with Gasteiger partial charge in [0.2, 0.25) is 0 Å². The fourth-order valence-electron chi connectivity index (χ4n) is 1.88. The average Bonchev–Trinajstić information content (AvgIpc) is 2.38. The molecule has 1 N–H and O–H groups in total. The number of carbonyl (C=O) groups is 1. The van der Waals surface area contributed by atoms with E-state index in [-0.39, 0.29) is 17.4 Å². The van der Waals surface area contributed by atoms with Crippen molar-refractivity contribution in [2.45, 2.75) is 33.3 Å². The van der Waals surface area contributed by atoms with Crippen molar-refractivity contribution in [3.05, 3.63) is 29.8 Å². The number of amides is 1. The summed E-state index contributed by atoms with van der Waals surface area (Å²) in [5, 5.41) is 2.58. The van der Waals surface area contributed by atoms with Gasteiger partial charge in [0.1, 0.15) is 5.75 Å². The Morgan fingerprint density at radius 3 is 2.47 bits per heavy atom. The molecule has 0 heterocycles. The molecular formula is C16H21NO2. The fourth-order valence-corrected chi connectivity index (χ4v) is 1.88. The summed E-state index contributed by atoms with van der Waals surface area (Å²) in [6.07, 6.45) is 6.27. The zero-order chi connectivity index (χ0) is 14.5. The smallest absolute Gasteiger partial charge is 0.251 e. The van der Waals surface area contributed by atoms with Crippen LogP contribution >= 0.6 is 0 Å². The fraction of sp³-hybridized carbons (Fsp3) is 0.438. The van der Waals surface area contributed by atoms with Gasteiger partial charge < -0.3 is 10.1 Å². The van der Waals surface area contributed by atoms with Gasteiger partial charge in [-0.2, -0.15) is 0 Å². The predicted molar refractivity (Wildman–Crippen MR) is 77.2 cm³/mol. The van der Waals surface area contributed by atoms with Crippen molar-refractivity contribution in [1.82, 2.24) is 5.32 Å². The summed E-state index contributed by atoms with van der Waals surface area (Å²) in [6, 6.07) is 7.08. The number of hydrogen-bond donors (Lipinski definition) is 1. The molecule has 1 aromatic rings. The highest BCUT2D eigenvalue weighted by molar-refractivity contribution is 5.94. The number of ether oxygens (including phenoxy) is 1. The molecule has 1 unspecified atom stereocenters. The molecule has 3 heteroatoms. The lowest BCUT2D eigenvalue weighted by Crippen LogP contribution is -2.21. The normalized spacial score (nSPS) is 12.4. The quantitative estimate of drug-likeness (QED) is 0.826. The van der Waals surface area contributed by atoms with Gasteiger partial charge in [0, 0.05) is 24.4 Å². The van der Waals surface area contributed by atoms with E-state index in [1.54, 1.807) is 31.3 Å². The van der Waals surface area contributed by atoms with Crippen molar-refractivity contribution in [3.63, 3.8) is 0 Å². The lowest BCUT2D eigenvalue weighted by atomic mass is 9.88. The second-order valence-electron chi connectivity index (χ2n) is 5.26. The average molecular weight is 259 g/mol. The molecule has 0 spiro atoms. The highest BCUT2D eigenvalue weighted by Crippen LogP contribution is 2.24. The number of carbonyl (C=O) groups excluding carboxylic acids is 1. The van der Waals surface area contributed by atoms with Gasteiger partial charge in [-0.1, -0.05) is 0 Å². The van der Waals surface area contributed by atoms with Gasteiger partial charge in [-0.15, -0.1) is 12.3 Å². The zero-order valence-corrected chi connectivity index (χ0v) is 12.0. The van der Waals surface area contributed by atoms with Crippen LogP contribution in [-0.4, -0.2) is 19.1 Å². The predicted octanol–water partition coefficient (Wildman–Crippen LogP) is 2.86. The van der Waals surface area contributed by atoms with Crippen molar-refractivity contribution in [2.24, 2.45) is 5.41 Å². The van der Waals surface area contributed by atoms with Crippen LogP contribution in [0.1, 0.15) is 37.6 Å². The van der Waals surface area contributed by atoms with Crippen LogP contribution in [0.25, 0.3) is 0 Å². The first kappa shape index (κ1) is 15.1. The summed E-state index contributed by atoms with van der Waals surface area (Å²) in [5.74, 6) is 3.40. The van der Waals surface area contributed by atoms with Gasteiger partial charge in [0.25, 0.3) is 5.91 Å². The standard InChI is InChI=1S/C16H21NO2/c1-6-16(3,4)11-12(2)19-14-9-7-13(8-10-14)15(18)17-5/h1,7-10,12H,11H2,2-5H3,(H,17,18). The Hall–Kier alpha value is -1.95. The number of terminal acetylenes is 1. The van der Waals surface area contributed by atoms with Crippen LogP contribution in [-0.2, 0) is 0 Å². The molecule has 102 valence electrons. The summed E-state index contributed by atoms with van der Waals surface area (Å²) in [5.41, 5.74) is 0.438. The van der Waals surface area contributed by atoms with Gasteiger partial charge in [-0.25, -0.2) is 0 Å². The first-order valence-electron chi connectivity index (χ1n) is 6.34. The Kier molecular flexibility index (Phi) is 5.00. The van der Waals surface area contributed by atoms with Crippen LogP contribution in [0.4, 0.5) is 0 Å². The molecule has 0 saturated heterocycles. The second kappa shape index (κ2) is 6.29. The number of rotatable bonds is 5. The Morgan fingerprint density at radius 2 is 2.00 bits per heavy atom. The molecular weight excluding hydrogens is 238 g/mol. The lowest BCUT2D eigenvalue weighted by Gasteiger charge is -2.23. The van der Waals surface area contributed by atoms with Crippen LogP contribution in [0, 0.1) is 17.8 Å². The molecule has 1 aromatic carbocycles. The van der Waals surface area contributed by atoms with Crippen LogP contribution in [0.3, 0.4) is 0 Å². The van der Waals surface area contributed by atoms with Crippen LogP contribution in [0.2, 0.25) is 0 Å². The monoisotopic (exact) mass is 259 g/mol. The molecule has 3 nitrogen and oxygen atoms in total. The lowest BCUT2D eigenvalue weighted by molar-refractivity contribution is 0.0963. The highest BCUT2D eigenvalue weighted by Gasteiger charge is 2.19. The third kappa shape index (κ3) is 4.67. The van der Waals surface area contributed by atoms with Gasteiger partial charge in [-0.05, 0) is 45.0 Å². The topological polar surface area (TPSA) is 38.3 Å². The third-order valence-electron chi connectivity index (χ3n) is 2.87. The highest BCUT2D eigenvalue weighted by atomic mass is 16.5. The molecule has 0 fully saturated rings. The SMILES string of the molecule is C#CC(C)(C)CC(C)Oc1ccc(C(=O)NC)cc1. The van der Waals surface area contributed by atoms with Gasteiger partial charge in [0.05, 0.1) is 6.10 Å². The maximum atomic E-state index is 11.4. The minimum atomic E-state index is -0.179. The zero-order valence-electron chi connectivity index (χ0n) is 12.0. The van der Waals surface area contributed by atoms with Gasteiger partial charge in [0.15, 0.2) is 0 Å². The summed E-state index contributed by atoms with van der Waals surface area (Å²) in [6.45, 7) is 6.02. The first-order chi connectivity index (χ1) is 8.88. The van der Waals surface area contributed by atoms with E-state index in [9.17, 15) is 4.79 Å². The van der Waals surface area contributed by atoms with E-state index in [2.05, 4.69) is 11.2 Å². The Balaban J connectivity index is 2.64. The van der Waals surface area contributed by atoms with Gasteiger partial charge >= 0.3 is 0 Å². The summed E-state index contributed by atoms with van der Waals surface area (Å²) < 4.78 is 5.79. The van der Waals surface area contributed by atoms with Gasteiger partial charge in [-0.3, -0.25) is 4.79 Å². The molecule has 19 heavy (non-hydrogen) atoms. The van der Waals surface area contributed by atoms with Crippen molar-refractivity contribution in [3.8, 4) is 18.1 Å². The van der Waals surface area contributed by atoms with E-state index < -0.39 is 0 Å². The number of benzene rings is 1. The molecule has 0 saturated carbocycles. The third-order valence-corrected chi connectivity index (χ3v) is 2.87. The van der Waals surface area contributed by atoms with Crippen LogP contribution in [0.15, 0.2) is 24.3 Å². The molecule has 0 aliphatic heterocycles. The molecule has 0 aliphatic carbocycles. The molecule has 0 radical (unpaired) electrons. The molecule has 0 bridgehead atoms. The molecule has 0 aromatic heterocycles.